The van der Waals surface area contributed by atoms with Gasteiger partial charge in [0.2, 0.25) is 0 Å². The number of ether oxygens (including phenoxy) is 1. The van der Waals surface area contributed by atoms with Crippen molar-refractivity contribution in [2.24, 2.45) is 5.73 Å². The van der Waals surface area contributed by atoms with E-state index in [0.29, 0.717) is 16.3 Å². The molecule has 0 unspecified atom stereocenters. The van der Waals surface area contributed by atoms with Crippen molar-refractivity contribution in [2.75, 3.05) is 0 Å². The molecule has 92 valence electrons. The lowest BCUT2D eigenvalue weighted by atomic mass is 10.2. The average Bonchev–Trinajstić information content (AvgIpc) is 2.28. The summed E-state index contributed by atoms with van der Waals surface area (Å²) in [6, 6.07) is 12.8. The Labute approximate surface area is 111 Å². The summed E-state index contributed by atoms with van der Waals surface area (Å²) in [5, 5.41) is 7.76. The summed E-state index contributed by atoms with van der Waals surface area (Å²) in [4.78, 5) is 0. The quantitative estimate of drug-likeness (QED) is 0.653. The summed E-state index contributed by atoms with van der Waals surface area (Å²) in [5.41, 5.74) is 7.03. The number of rotatable bonds is 3. The average molecular weight is 261 g/mol. The van der Waals surface area contributed by atoms with Crippen LogP contribution in [0.3, 0.4) is 0 Å². The van der Waals surface area contributed by atoms with Crippen LogP contribution in [0, 0.1) is 12.3 Å². The van der Waals surface area contributed by atoms with E-state index in [0.717, 1.165) is 11.3 Å². The SMILES string of the molecule is Cc1cccc(Oc2ccc(C(=N)N)c(Cl)c2)c1. The Morgan fingerprint density at radius 1 is 1.17 bits per heavy atom. The number of halogens is 1. The number of hydrogen-bond acceptors (Lipinski definition) is 2. The Balaban J connectivity index is 2.25. The Kier molecular flexibility index (Phi) is 3.53. The molecule has 0 aliphatic rings. The van der Waals surface area contributed by atoms with E-state index in [1.54, 1.807) is 18.2 Å². The van der Waals surface area contributed by atoms with Crippen molar-refractivity contribution in [1.29, 1.82) is 5.41 Å². The van der Waals surface area contributed by atoms with Gasteiger partial charge >= 0.3 is 0 Å². The lowest BCUT2D eigenvalue weighted by molar-refractivity contribution is 0.482. The van der Waals surface area contributed by atoms with Crippen molar-refractivity contribution in [3.8, 4) is 11.5 Å². The van der Waals surface area contributed by atoms with Gasteiger partial charge < -0.3 is 10.5 Å². The minimum Gasteiger partial charge on any atom is -0.457 e. The first-order valence-corrected chi connectivity index (χ1v) is 5.82. The molecule has 2 aromatic rings. The van der Waals surface area contributed by atoms with Crippen molar-refractivity contribution in [1.82, 2.24) is 0 Å². The number of aryl methyl sites for hydroxylation is 1. The maximum atomic E-state index is 7.35. The highest BCUT2D eigenvalue weighted by atomic mass is 35.5. The van der Waals surface area contributed by atoms with Gasteiger partial charge in [0.25, 0.3) is 0 Å². The normalized spacial score (nSPS) is 10.1. The fourth-order valence-corrected chi connectivity index (χ4v) is 1.86. The second-order valence-corrected chi connectivity index (χ2v) is 4.38. The third-order valence-electron chi connectivity index (χ3n) is 2.46. The van der Waals surface area contributed by atoms with Crippen LogP contribution in [0.4, 0.5) is 0 Å². The third-order valence-corrected chi connectivity index (χ3v) is 2.77. The van der Waals surface area contributed by atoms with Crippen LogP contribution in [0.2, 0.25) is 5.02 Å². The highest BCUT2D eigenvalue weighted by Gasteiger charge is 2.05. The number of nitrogens with two attached hydrogens (primary N) is 1. The molecule has 0 saturated heterocycles. The summed E-state index contributed by atoms with van der Waals surface area (Å²) in [6.45, 7) is 2.00. The summed E-state index contributed by atoms with van der Waals surface area (Å²) in [5.74, 6) is 1.32. The number of hydrogen-bond donors (Lipinski definition) is 2. The summed E-state index contributed by atoms with van der Waals surface area (Å²) in [6.07, 6.45) is 0. The number of nitrogens with one attached hydrogen (secondary N) is 1. The van der Waals surface area contributed by atoms with Crippen LogP contribution in [0.5, 0.6) is 11.5 Å². The molecule has 0 aliphatic heterocycles. The molecular formula is C14H13ClN2O. The van der Waals surface area contributed by atoms with Gasteiger partial charge in [-0.25, -0.2) is 0 Å². The fourth-order valence-electron chi connectivity index (χ4n) is 1.59. The van der Waals surface area contributed by atoms with E-state index in [-0.39, 0.29) is 5.84 Å². The maximum Gasteiger partial charge on any atom is 0.128 e. The standard InChI is InChI=1S/C14H13ClN2O/c1-9-3-2-4-10(7-9)18-11-5-6-12(14(16)17)13(15)8-11/h2-8H,1H3,(H3,16,17). The van der Waals surface area contributed by atoms with E-state index < -0.39 is 0 Å². The predicted molar refractivity (Wildman–Crippen MR) is 73.7 cm³/mol. The van der Waals surface area contributed by atoms with E-state index in [2.05, 4.69) is 0 Å². The number of amidine groups is 1. The molecule has 0 fully saturated rings. The van der Waals surface area contributed by atoms with Gasteiger partial charge in [-0.2, -0.15) is 0 Å². The van der Waals surface area contributed by atoms with Crippen molar-refractivity contribution < 1.29 is 4.74 Å². The van der Waals surface area contributed by atoms with Crippen LogP contribution in [0.15, 0.2) is 42.5 Å². The van der Waals surface area contributed by atoms with E-state index in [1.807, 2.05) is 31.2 Å². The Morgan fingerprint density at radius 3 is 2.50 bits per heavy atom. The van der Waals surface area contributed by atoms with Gasteiger partial charge in [0.15, 0.2) is 0 Å². The minimum absolute atomic E-state index is 0.0536. The molecule has 2 rings (SSSR count). The van der Waals surface area contributed by atoms with Crippen molar-refractivity contribution in [2.45, 2.75) is 6.92 Å². The van der Waals surface area contributed by atoms with Gasteiger partial charge in [-0.3, -0.25) is 5.41 Å². The topological polar surface area (TPSA) is 59.1 Å². The molecule has 3 nitrogen and oxygen atoms in total. The van der Waals surface area contributed by atoms with Crippen LogP contribution < -0.4 is 10.5 Å². The molecule has 0 radical (unpaired) electrons. The minimum atomic E-state index is -0.0536. The van der Waals surface area contributed by atoms with Crippen LogP contribution in [0.1, 0.15) is 11.1 Å². The van der Waals surface area contributed by atoms with Gasteiger partial charge in [0.1, 0.15) is 17.3 Å². The van der Waals surface area contributed by atoms with Gasteiger partial charge in [-0.1, -0.05) is 23.7 Å². The summed E-state index contributed by atoms with van der Waals surface area (Å²) < 4.78 is 5.68. The second kappa shape index (κ2) is 5.10. The zero-order valence-electron chi connectivity index (χ0n) is 9.91. The summed E-state index contributed by atoms with van der Waals surface area (Å²) >= 11 is 6.02. The van der Waals surface area contributed by atoms with E-state index in [9.17, 15) is 0 Å². The van der Waals surface area contributed by atoms with Crippen LogP contribution >= 0.6 is 11.6 Å². The van der Waals surface area contributed by atoms with Gasteiger partial charge in [0.05, 0.1) is 5.02 Å². The molecule has 0 bridgehead atoms. The van der Waals surface area contributed by atoms with Crippen LogP contribution in [-0.4, -0.2) is 5.84 Å². The van der Waals surface area contributed by atoms with E-state index in [1.165, 1.54) is 0 Å². The van der Waals surface area contributed by atoms with Gasteiger partial charge in [0, 0.05) is 11.6 Å². The summed E-state index contributed by atoms with van der Waals surface area (Å²) in [7, 11) is 0. The smallest absolute Gasteiger partial charge is 0.128 e. The molecular weight excluding hydrogens is 248 g/mol. The zero-order chi connectivity index (χ0) is 13.1. The van der Waals surface area contributed by atoms with E-state index >= 15 is 0 Å². The third kappa shape index (κ3) is 2.81. The Hall–Kier alpha value is -2.00. The number of nitrogen functional groups attached to an aromatic ring is 1. The van der Waals surface area contributed by atoms with Crippen molar-refractivity contribution in [3.63, 3.8) is 0 Å². The predicted octanol–water partition coefficient (Wildman–Crippen LogP) is 3.72. The molecule has 0 spiro atoms. The highest BCUT2D eigenvalue weighted by Crippen LogP contribution is 2.27. The highest BCUT2D eigenvalue weighted by molar-refractivity contribution is 6.34. The molecule has 0 saturated carbocycles. The lowest BCUT2D eigenvalue weighted by Gasteiger charge is -2.08. The molecule has 0 amide bonds. The first-order chi connectivity index (χ1) is 8.56. The van der Waals surface area contributed by atoms with Gasteiger partial charge in [-0.15, -0.1) is 0 Å². The monoisotopic (exact) mass is 260 g/mol. The largest absolute Gasteiger partial charge is 0.457 e. The maximum absolute atomic E-state index is 7.35. The first-order valence-electron chi connectivity index (χ1n) is 5.45. The number of benzene rings is 2. The first kappa shape index (κ1) is 12.5. The fraction of sp³-hybridized carbons (Fsp3) is 0.0714. The molecule has 2 aromatic carbocycles. The molecule has 0 atom stereocenters. The zero-order valence-corrected chi connectivity index (χ0v) is 10.7. The molecule has 3 N–H and O–H groups in total. The van der Waals surface area contributed by atoms with Crippen molar-refractivity contribution >= 4 is 17.4 Å². The molecule has 0 aromatic heterocycles. The van der Waals surface area contributed by atoms with Crippen LogP contribution in [0.25, 0.3) is 0 Å². The van der Waals surface area contributed by atoms with Crippen molar-refractivity contribution in [3.05, 3.63) is 58.6 Å². The lowest BCUT2D eigenvalue weighted by Crippen LogP contribution is -2.11. The molecule has 0 aliphatic carbocycles. The molecule has 4 heteroatoms. The molecule has 18 heavy (non-hydrogen) atoms. The van der Waals surface area contributed by atoms with E-state index in [4.69, 9.17) is 27.5 Å². The van der Waals surface area contributed by atoms with Crippen LogP contribution in [-0.2, 0) is 0 Å². The Morgan fingerprint density at radius 2 is 1.89 bits per heavy atom. The van der Waals surface area contributed by atoms with Gasteiger partial charge in [-0.05, 0) is 36.8 Å². The second-order valence-electron chi connectivity index (χ2n) is 3.97. The Bertz CT molecular complexity index is 596. The molecule has 0 heterocycles.